The number of likely N-dealkylation sites (N-methyl/N-ethyl adjacent to an activating group) is 1. The molecule has 35 heavy (non-hydrogen) atoms. The van der Waals surface area contributed by atoms with Crippen molar-refractivity contribution in [2.45, 2.75) is 26.4 Å². The van der Waals surface area contributed by atoms with Gasteiger partial charge < -0.3 is 10.1 Å². The molecule has 2 aromatic rings. The first-order valence-corrected chi connectivity index (χ1v) is 12.2. The molecule has 8 heteroatoms. The summed E-state index contributed by atoms with van der Waals surface area (Å²) in [7, 11) is 0. The van der Waals surface area contributed by atoms with E-state index >= 15 is 0 Å². The summed E-state index contributed by atoms with van der Waals surface area (Å²) in [5.74, 6) is -0.910. The van der Waals surface area contributed by atoms with E-state index in [9.17, 15) is 14.0 Å². The Balaban J connectivity index is 1.58. The number of piperazine rings is 1. The summed E-state index contributed by atoms with van der Waals surface area (Å²) in [4.78, 5) is 32.5. The van der Waals surface area contributed by atoms with E-state index in [1.165, 1.54) is 17.7 Å². The van der Waals surface area contributed by atoms with E-state index in [0.29, 0.717) is 29.9 Å². The smallest absolute Gasteiger partial charge is 0.338 e. The Labute approximate surface area is 206 Å². The van der Waals surface area contributed by atoms with E-state index in [0.717, 1.165) is 32.7 Å². The molecule has 2 aliphatic rings. The molecule has 2 amide bonds. The van der Waals surface area contributed by atoms with Gasteiger partial charge in [0.1, 0.15) is 5.82 Å². The van der Waals surface area contributed by atoms with Crippen LogP contribution in [0.1, 0.15) is 31.0 Å². The van der Waals surface area contributed by atoms with E-state index in [-0.39, 0.29) is 12.6 Å². The van der Waals surface area contributed by atoms with Crippen LogP contribution in [0, 0.1) is 5.82 Å². The highest BCUT2D eigenvalue weighted by molar-refractivity contribution is 5.95. The predicted molar refractivity (Wildman–Crippen MR) is 132 cm³/mol. The number of carbonyl (C=O) groups is 2. The van der Waals surface area contributed by atoms with Gasteiger partial charge in [0.25, 0.3) is 0 Å². The minimum Gasteiger partial charge on any atom is -0.463 e. The lowest BCUT2D eigenvalue weighted by molar-refractivity contribution is -0.139. The number of hydrogen-bond donors (Lipinski definition) is 1. The van der Waals surface area contributed by atoms with Gasteiger partial charge in [0, 0.05) is 51.5 Å². The molecule has 0 aromatic heterocycles. The summed E-state index contributed by atoms with van der Waals surface area (Å²) in [5, 5.41) is 2.89. The van der Waals surface area contributed by atoms with Gasteiger partial charge in [-0.3, -0.25) is 14.7 Å². The van der Waals surface area contributed by atoms with E-state index in [1.54, 1.807) is 24.0 Å². The summed E-state index contributed by atoms with van der Waals surface area (Å²) in [5.41, 5.74) is 2.79. The summed E-state index contributed by atoms with van der Waals surface area (Å²) >= 11 is 0. The van der Waals surface area contributed by atoms with E-state index in [2.05, 4.69) is 39.4 Å². The maximum atomic E-state index is 14.0. The molecule has 2 heterocycles. The fraction of sp³-hybridized carbons (Fsp3) is 0.407. The van der Waals surface area contributed by atoms with Crippen molar-refractivity contribution in [3.63, 3.8) is 0 Å². The number of ether oxygens (including phenoxy) is 1. The number of urea groups is 1. The number of benzene rings is 2. The first-order chi connectivity index (χ1) is 17.0. The molecule has 1 atom stereocenters. The van der Waals surface area contributed by atoms with Gasteiger partial charge in [-0.05, 0) is 37.1 Å². The lowest BCUT2D eigenvalue weighted by Crippen LogP contribution is -2.53. The molecule has 7 nitrogen and oxygen atoms in total. The number of halogens is 1. The second-order valence-corrected chi connectivity index (χ2v) is 8.80. The minimum atomic E-state index is -0.769. The van der Waals surface area contributed by atoms with Crippen LogP contribution in [0.2, 0.25) is 0 Å². The molecule has 0 spiro atoms. The molecule has 1 fully saturated rings. The number of hydrogen-bond acceptors (Lipinski definition) is 5. The van der Waals surface area contributed by atoms with Gasteiger partial charge in [-0.1, -0.05) is 42.5 Å². The topological polar surface area (TPSA) is 65.1 Å². The average molecular weight is 481 g/mol. The van der Waals surface area contributed by atoms with Crippen molar-refractivity contribution < 1.29 is 18.7 Å². The Bertz CT molecular complexity index is 1070. The highest BCUT2D eigenvalue weighted by Crippen LogP contribution is 2.32. The molecule has 1 N–H and O–H groups in total. The lowest BCUT2D eigenvalue weighted by Gasteiger charge is -2.40. The minimum absolute atomic E-state index is 0.212. The van der Waals surface area contributed by atoms with E-state index < -0.39 is 17.8 Å². The van der Waals surface area contributed by atoms with Crippen molar-refractivity contribution in [1.82, 2.24) is 20.0 Å². The van der Waals surface area contributed by atoms with Gasteiger partial charge >= 0.3 is 12.0 Å². The van der Waals surface area contributed by atoms with Gasteiger partial charge in [-0.15, -0.1) is 0 Å². The van der Waals surface area contributed by atoms with Crippen LogP contribution in [0.4, 0.5) is 9.18 Å². The summed E-state index contributed by atoms with van der Waals surface area (Å²) in [6, 6.07) is 15.3. The molecule has 1 unspecified atom stereocenters. The Morgan fingerprint density at radius 3 is 2.31 bits per heavy atom. The molecular weight excluding hydrogens is 447 g/mol. The van der Waals surface area contributed by atoms with Gasteiger partial charge in [-0.2, -0.15) is 0 Å². The van der Waals surface area contributed by atoms with Crippen LogP contribution in [0.25, 0.3) is 0 Å². The van der Waals surface area contributed by atoms with Gasteiger partial charge in [-0.25, -0.2) is 14.0 Å². The van der Waals surface area contributed by atoms with Crippen molar-refractivity contribution in [3.8, 4) is 0 Å². The summed E-state index contributed by atoms with van der Waals surface area (Å²) in [6.45, 7) is 9.01. The highest BCUT2D eigenvalue weighted by Gasteiger charge is 2.38. The Hall–Kier alpha value is -3.23. The third-order valence-electron chi connectivity index (χ3n) is 6.52. The SMILES string of the molecule is CCOC(=O)C1=C(CN2CCN(Cc3ccccc3)CC2)N(CC)C(=O)NC1c1cccc(F)c1. The predicted octanol–water partition coefficient (Wildman–Crippen LogP) is 3.55. The van der Waals surface area contributed by atoms with Crippen molar-refractivity contribution in [2.75, 3.05) is 45.9 Å². The molecule has 0 saturated carbocycles. The zero-order chi connectivity index (χ0) is 24.8. The van der Waals surface area contributed by atoms with Crippen LogP contribution in [0.5, 0.6) is 0 Å². The molecule has 1 saturated heterocycles. The number of amides is 2. The van der Waals surface area contributed by atoms with Crippen molar-refractivity contribution in [2.24, 2.45) is 0 Å². The third kappa shape index (κ3) is 5.89. The maximum Gasteiger partial charge on any atom is 0.338 e. The number of rotatable bonds is 8. The Morgan fingerprint density at radius 1 is 1.00 bits per heavy atom. The first kappa shape index (κ1) is 24.9. The van der Waals surface area contributed by atoms with Crippen LogP contribution >= 0.6 is 0 Å². The van der Waals surface area contributed by atoms with Crippen LogP contribution in [0.3, 0.4) is 0 Å². The van der Waals surface area contributed by atoms with Gasteiger partial charge in [0.2, 0.25) is 0 Å². The molecule has 0 radical (unpaired) electrons. The van der Waals surface area contributed by atoms with E-state index in [1.807, 2.05) is 13.0 Å². The standard InChI is InChI=1S/C27H33FN4O3/c1-3-32-23(19-31-15-13-30(14-16-31)18-20-9-6-5-7-10-20)24(26(33)35-4-2)25(29-27(32)34)21-11-8-12-22(28)17-21/h5-12,17,25H,3-4,13-16,18-19H2,1-2H3,(H,29,34). The van der Waals surface area contributed by atoms with Crippen LogP contribution in [-0.4, -0.2) is 72.6 Å². The van der Waals surface area contributed by atoms with Crippen LogP contribution < -0.4 is 5.32 Å². The lowest BCUT2D eigenvalue weighted by atomic mass is 9.94. The highest BCUT2D eigenvalue weighted by atomic mass is 19.1. The molecule has 0 bridgehead atoms. The number of carbonyl (C=O) groups excluding carboxylic acids is 2. The average Bonchev–Trinajstić information content (AvgIpc) is 2.86. The zero-order valence-electron chi connectivity index (χ0n) is 20.4. The monoisotopic (exact) mass is 480 g/mol. The van der Waals surface area contributed by atoms with Crippen molar-refractivity contribution in [3.05, 3.63) is 82.8 Å². The van der Waals surface area contributed by atoms with Crippen LogP contribution in [-0.2, 0) is 16.1 Å². The molecular formula is C27H33FN4O3. The fourth-order valence-corrected chi connectivity index (χ4v) is 4.75. The fourth-order valence-electron chi connectivity index (χ4n) is 4.75. The Morgan fingerprint density at radius 2 is 1.69 bits per heavy atom. The van der Waals surface area contributed by atoms with Crippen LogP contribution in [0.15, 0.2) is 65.9 Å². The van der Waals surface area contributed by atoms with Crippen molar-refractivity contribution >= 4 is 12.0 Å². The molecule has 2 aromatic carbocycles. The summed E-state index contributed by atoms with van der Waals surface area (Å²) < 4.78 is 19.4. The zero-order valence-corrected chi connectivity index (χ0v) is 20.4. The number of nitrogens with one attached hydrogen (secondary N) is 1. The largest absolute Gasteiger partial charge is 0.463 e. The van der Waals surface area contributed by atoms with Crippen molar-refractivity contribution in [1.29, 1.82) is 0 Å². The van der Waals surface area contributed by atoms with Gasteiger partial charge in [0.05, 0.1) is 18.2 Å². The van der Waals surface area contributed by atoms with E-state index in [4.69, 9.17) is 4.74 Å². The number of nitrogens with zero attached hydrogens (tertiary/aromatic N) is 3. The maximum absolute atomic E-state index is 14.0. The second kappa shape index (κ2) is 11.5. The third-order valence-corrected chi connectivity index (χ3v) is 6.52. The molecule has 186 valence electrons. The molecule has 0 aliphatic carbocycles. The number of esters is 1. The molecule has 2 aliphatic heterocycles. The normalized spacial score (nSPS) is 19.6. The quantitative estimate of drug-likeness (QED) is 0.586. The second-order valence-electron chi connectivity index (χ2n) is 8.80. The van der Waals surface area contributed by atoms with Gasteiger partial charge in [0.15, 0.2) is 0 Å². The molecule has 4 rings (SSSR count). The first-order valence-electron chi connectivity index (χ1n) is 12.2. The Kier molecular flexibility index (Phi) is 8.15. The summed E-state index contributed by atoms with van der Waals surface area (Å²) in [6.07, 6.45) is 0.